The lowest BCUT2D eigenvalue weighted by atomic mass is 10.1. The number of rotatable bonds is 4. The molecule has 1 heterocycles. The molecule has 0 spiro atoms. The van der Waals surface area contributed by atoms with Crippen LogP contribution in [0.2, 0.25) is 4.34 Å². The molecule has 0 radical (unpaired) electrons. The van der Waals surface area contributed by atoms with Crippen LogP contribution in [0.25, 0.3) is 0 Å². The van der Waals surface area contributed by atoms with Crippen molar-refractivity contribution in [3.63, 3.8) is 0 Å². The summed E-state index contributed by atoms with van der Waals surface area (Å²) in [6.07, 6.45) is 0. The van der Waals surface area contributed by atoms with Crippen molar-refractivity contribution in [3.8, 4) is 0 Å². The molecule has 0 saturated carbocycles. The number of nitrogens with two attached hydrogens (primary N) is 1. The van der Waals surface area contributed by atoms with Crippen LogP contribution in [0.4, 0.5) is 5.69 Å². The Morgan fingerprint density at radius 1 is 1.32 bits per heavy atom. The highest BCUT2D eigenvalue weighted by Crippen LogP contribution is 2.27. The number of benzene rings is 1. The molecule has 2 rings (SSSR count). The molecule has 3 N–H and O–H groups in total. The number of nitrogens with one attached hydrogen (secondary N) is 1. The van der Waals surface area contributed by atoms with Crippen molar-refractivity contribution in [3.05, 3.63) is 45.6 Å². The van der Waals surface area contributed by atoms with E-state index in [-0.39, 0.29) is 10.9 Å². The summed E-state index contributed by atoms with van der Waals surface area (Å²) in [6.45, 7) is 2.01. The fourth-order valence-corrected chi connectivity index (χ4v) is 3.12. The second-order valence-corrected chi connectivity index (χ2v) is 7.22. The zero-order valence-electron chi connectivity index (χ0n) is 10.1. The van der Waals surface area contributed by atoms with Crippen LogP contribution in [0.3, 0.4) is 0 Å². The third-order valence-corrected chi connectivity index (χ3v) is 4.69. The first-order valence-corrected chi connectivity index (χ1v) is 8.30. The Kier molecular flexibility index (Phi) is 4.15. The lowest BCUT2D eigenvalue weighted by molar-refractivity contribution is 0.598. The van der Waals surface area contributed by atoms with Crippen molar-refractivity contribution < 1.29 is 8.42 Å². The van der Waals surface area contributed by atoms with Gasteiger partial charge in [-0.15, -0.1) is 11.3 Å². The number of hydrogen-bond donors (Lipinski definition) is 2. The summed E-state index contributed by atoms with van der Waals surface area (Å²) in [5.41, 5.74) is 1.91. The number of sulfonamides is 1. The predicted octanol–water partition coefficient (Wildman–Crippen LogP) is 3.22. The molecule has 7 heteroatoms. The van der Waals surface area contributed by atoms with E-state index in [9.17, 15) is 8.42 Å². The molecule has 0 aliphatic rings. The van der Waals surface area contributed by atoms with Gasteiger partial charge in [0.1, 0.15) is 0 Å². The van der Waals surface area contributed by atoms with Gasteiger partial charge >= 0.3 is 0 Å². The maximum Gasteiger partial charge on any atom is 0.238 e. The summed E-state index contributed by atoms with van der Waals surface area (Å²) in [6, 6.07) is 8.32. The van der Waals surface area contributed by atoms with Gasteiger partial charge in [0.2, 0.25) is 10.0 Å². The van der Waals surface area contributed by atoms with Crippen LogP contribution in [0.15, 0.2) is 40.6 Å². The summed E-state index contributed by atoms with van der Waals surface area (Å²) >= 11 is 7.37. The quantitative estimate of drug-likeness (QED) is 0.909. The Labute approximate surface area is 121 Å². The predicted molar refractivity (Wildman–Crippen MR) is 79.2 cm³/mol. The summed E-state index contributed by atoms with van der Waals surface area (Å²) < 4.78 is 23.0. The van der Waals surface area contributed by atoms with E-state index < -0.39 is 10.0 Å². The maximum atomic E-state index is 11.1. The molecule has 0 amide bonds. The highest BCUT2D eigenvalue weighted by atomic mass is 35.5. The molecule has 2 aromatic rings. The second-order valence-electron chi connectivity index (χ2n) is 4.12. The van der Waals surface area contributed by atoms with Crippen LogP contribution in [-0.2, 0) is 10.0 Å². The number of primary sulfonamides is 1. The molecule has 1 unspecified atom stereocenters. The van der Waals surface area contributed by atoms with Crippen molar-refractivity contribution in [1.29, 1.82) is 0 Å². The van der Waals surface area contributed by atoms with E-state index in [1.54, 1.807) is 12.1 Å². The number of anilines is 1. The zero-order chi connectivity index (χ0) is 14.0. The smallest absolute Gasteiger partial charge is 0.238 e. The van der Waals surface area contributed by atoms with Gasteiger partial charge < -0.3 is 5.32 Å². The van der Waals surface area contributed by atoms with Crippen LogP contribution in [0.5, 0.6) is 0 Å². The Morgan fingerprint density at radius 3 is 2.42 bits per heavy atom. The Bertz CT molecular complexity index is 665. The molecule has 0 bridgehead atoms. The third kappa shape index (κ3) is 3.70. The molecular formula is C12H13ClN2O2S2. The van der Waals surface area contributed by atoms with Crippen molar-refractivity contribution in [2.75, 3.05) is 5.32 Å². The van der Waals surface area contributed by atoms with E-state index in [0.717, 1.165) is 15.6 Å². The van der Waals surface area contributed by atoms with E-state index in [1.807, 2.05) is 18.4 Å². The molecule has 0 aliphatic heterocycles. The largest absolute Gasteiger partial charge is 0.378 e. The minimum absolute atomic E-state index is 0.0871. The fraction of sp³-hybridized carbons (Fsp3) is 0.167. The van der Waals surface area contributed by atoms with Gasteiger partial charge in [0.05, 0.1) is 9.23 Å². The third-order valence-electron chi connectivity index (χ3n) is 2.65. The van der Waals surface area contributed by atoms with E-state index in [1.165, 1.54) is 23.5 Å². The molecule has 1 atom stereocenters. The summed E-state index contributed by atoms with van der Waals surface area (Å²) in [5.74, 6) is 0. The van der Waals surface area contributed by atoms with Gasteiger partial charge in [-0.3, -0.25) is 0 Å². The van der Waals surface area contributed by atoms with Gasteiger partial charge in [-0.2, -0.15) is 0 Å². The lowest BCUT2D eigenvalue weighted by Gasteiger charge is -2.14. The summed E-state index contributed by atoms with van der Waals surface area (Å²) in [5, 5.41) is 10.3. The minimum atomic E-state index is -3.64. The normalized spacial score (nSPS) is 13.2. The standard InChI is InChI=1S/C12H13ClN2O2S2/c1-8(9-6-12(13)18-7-9)15-10-2-4-11(5-3-10)19(14,16)17/h2-8,15H,1H3,(H2,14,16,17). The highest BCUT2D eigenvalue weighted by molar-refractivity contribution is 7.89. The lowest BCUT2D eigenvalue weighted by Crippen LogP contribution is -2.12. The minimum Gasteiger partial charge on any atom is -0.378 e. The van der Waals surface area contributed by atoms with Crippen molar-refractivity contribution in [2.24, 2.45) is 5.14 Å². The van der Waals surface area contributed by atoms with Gasteiger partial charge in [-0.25, -0.2) is 13.6 Å². The van der Waals surface area contributed by atoms with Gasteiger partial charge in [-0.05, 0) is 48.2 Å². The number of hydrogen-bond acceptors (Lipinski definition) is 4. The summed E-state index contributed by atoms with van der Waals surface area (Å²) in [4.78, 5) is 0.101. The molecule has 102 valence electrons. The van der Waals surface area contributed by atoms with E-state index in [4.69, 9.17) is 16.7 Å². The molecule has 1 aromatic heterocycles. The van der Waals surface area contributed by atoms with E-state index >= 15 is 0 Å². The first-order valence-electron chi connectivity index (χ1n) is 5.49. The van der Waals surface area contributed by atoms with Crippen LogP contribution < -0.4 is 10.5 Å². The Balaban J connectivity index is 2.12. The SMILES string of the molecule is CC(Nc1ccc(S(N)(=O)=O)cc1)c1csc(Cl)c1. The number of halogens is 1. The van der Waals surface area contributed by atoms with Crippen molar-refractivity contribution in [1.82, 2.24) is 0 Å². The van der Waals surface area contributed by atoms with Crippen LogP contribution in [0.1, 0.15) is 18.5 Å². The van der Waals surface area contributed by atoms with Crippen molar-refractivity contribution in [2.45, 2.75) is 17.9 Å². The molecule has 1 aromatic carbocycles. The van der Waals surface area contributed by atoms with Gasteiger partial charge in [-0.1, -0.05) is 11.6 Å². The van der Waals surface area contributed by atoms with Gasteiger partial charge in [0.25, 0.3) is 0 Å². The van der Waals surface area contributed by atoms with Crippen molar-refractivity contribution >= 4 is 38.6 Å². The molecular weight excluding hydrogens is 304 g/mol. The highest BCUT2D eigenvalue weighted by Gasteiger charge is 2.09. The first kappa shape index (κ1) is 14.3. The second kappa shape index (κ2) is 5.50. The molecule has 0 aliphatic carbocycles. The maximum absolute atomic E-state index is 11.1. The first-order chi connectivity index (χ1) is 8.86. The van der Waals surface area contributed by atoms with Gasteiger partial charge in [0, 0.05) is 11.7 Å². The molecule has 19 heavy (non-hydrogen) atoms. The molecule has 0 fully saturated rings. The van der Waals surface area contributed by atoms with Crippen LogP contribution >= 0.6 is 22.9 Å². The van der Waals surface area contributed by atoms with Crippen LogP contribution in [-0.4, -0.2) is 8.42 Å². The van der Waals surface area contributed by atoms with Crippen LogP contribution in [0, 0.1) is 0 Å². The Hall–Kier alpha value is -1.08. The number of thiophene rings is 1. The zero-order valence-corrected chi connectivity index (χ0v) is 12.5. The summed E-state index contributed by atoms with van der Waals surface area (Å²) in [7, 11) is -3.64. The molecule has 4 nitrogen and oxygen atoms in total. The van der Waals surface area contributed by atoms with Gasteiger partial charge in [0.15, 0.2) is 0 Å². The topological polar surface area (TPSA) is 72.2 Å². The average Bonchev–Trinajstić information content (AvgIpc) is 2.75. The van der Waals surface area contributed by atoms with E-state index in [0.29, 0.717) is 0 Å². The average molecular weight is 317 g/mol. The fourth-order valence-electron chi connectivity index (χ4n) is 1.62. The molecule has 0 saturated heterocycles. The Morgan fingerprint density at radius 2 is 1.95 bits per heavy atom. The van der Waals surface area contributed by atoms with E-state index in [2.05, 4.69) is 5.32 Å². The monoisotopic (exact) mass is 316 g/mol.